The van der Waals surface area contributed by atoms with E-state index in [9.17, 15) is 14.0 Å². The van der Waals surface area contributed by atoms with E-state index >= 15 is 0 Å². The van der Waals surface area contributed by atoms with Gasteiger partial charge in [0.2, 0.25) is 0 Å². The summed E-state index contributed by atoms with van der Waals surface area (Å²) in [5, 5.41) is 0. The van der Waals surface area contributed by atoms with Gasteiger partial charge in [0.15, 0.2) is 0 Å². The van der Waals surface area contributed by atoms with Gasteiger partial charge in [-0.1, -0.05) is 43.5 Å². The van der Waals surface area contributed by atoms with Crippen LogP contribution in [0.3, 0.4) is 0 Å². The van der Waals surface area contributed by atoms with Gasteiger partial charge < -0.3 is 14.3 Å². The van der Waals surface area contributed by atoms with E-state index in [0.29, 0.717) is 13.1 Å². The molecule has 2 fully saturated rings. The molecule has 0 N–H and O–H groups in total. The van der Waals surface area contributed by atoms with Crippen molar-refractivity contribution in [3.8, 4) is 5.75 Å². The lowest BCUT2D eigenvalue weighted by molar-refractivity contribution is -0.154. The number of ether oxygens (including phenoxy) is 2. The molecule has 0 aromatic heterocycles. The maximum Gasteiger partial charge on any atom is 0.323 e. The number of esters is 1. The number of hydrogen-bond donors (Lipinski definition) is 0. The van der Waals surface area contributed by atoms with Crippen LogP contribution in [0.15, 0.2) is 48.5 Å². The first-order valence-corrected chi connectivity index (χ1v) is 11.8. The van der Waals surface area contributed by atoms with Crippen LogP contribution in [0.25, 0.3) is 0 Å². The molecule has 6 heteroatoms. The van der Waals surface area contributed by atoms with Crippen LogP contribution in [-0.4, -0.2) is 43.4 Å². The fourth-order valence-electron chi connectivity index (χ4n) is 5.37. The van der Waals surface area contributed by atoms with E-state index in [0.717, 1.165) is 48.8 Å². The minimum atomic E-state index is -0.385. The fraction of sp³-hybridized carbons (Fsp3) is 0.481. The zero-order valence-electron chi connectivity index (χ0n) is 19.1. The Bertz CT molecular complexity index is 941. The molecule has 1 heterocycles. The van der Waals surface area contributed by atoms with Crippen molar-refractivity contribution in [1.82, 2.24) is 4.90 Å². The largest absolute Gasteiger partial charge is 0.497 e. The quantitative estimate of drug-likeness (QED) is 0.427. The number of halogens is 1. The van der Waals surface area contributed by atoms with Crippen molar-refractivity contribution in [1.29, 1.82) is 0 Å². The number of carbonyl (C=O) groups excluding carboxylic acids is 2. The molecule has 1 saturated carbocycles. The third-order valence-electron chi connectivity index (χ3n) is 7.12. The molecule has 2 aromatic carbocycles. The highest BCUT2D eigenvalue weighted by Crippen LogP contribution is 2.37. The Morgan fingerprint density at radius 1 is 1.12 bits per heavy atom. The summed E-state index contributed by atoms with van der Waals surface area (Å²) in [6.07, 6.45) is 6.31. The number of benzene rings is 2. The van der Waals surface area contributed by atoms with E-state index in [-0.39, 0.29) is 42.2 Å². The Balaban J connectivity index is 1.50. The fourth-order valence-corrected chi connectivity index (χ4v) is 5.37. The van der Waals surface area contributed by atoms with Gasteiger partial charge in [-0.15, -0.1) is 0 Å². The first-order chi connectivity index (χ1) is 16.1. The first kappa shape index (κ1) is 23.4. The molecule has 2 aliphatic rings. The number of likely N-dealkylation sites (tertiary alicyclic amines) is 1. The molecule has 0 bridgehead atoms. The minimum absolute atomic E-state index is 0.126. The Morgan fingerprint density at radius 2 is 1.88 bits per heavy atom. The highest BCUT2D eigenvalue weighted by molar-refractivity contribution is 5.76. The summed E-state index contributed by atoms with van der Waals surface area (Å²) >= 11 is 0. The van der Waals surface area contributed by atoms with Crippen LogP contribution < -0.4 is 4.74 Å². The molecule has 4 rings (SSSR count). The minimum Gasteiger partial charge on any atom is -0.497 e. The lowest BCUT2D eigenvalue weighted by atomic mass is 9.83. The molecule has 3 unspecified atom stereocenters. The Labute approximate surface area is 194 Å². The first-order valence-electron chi connectivity index (χ1n) is 11.8. The van der Waals surface area contributed by atoms with Gasteiger partial charge >= 0.3 is 5.97 Å². The van der Waals surface area contributed by atoms with E-state index in [1.54, 1.807) is 13.2 Å². The Hall–Kier alpha value is -2.73. The molecule has 0 spiro atoms. The average molecular weight is 454 g/mol. The smallest absolute Gasteiger partial charge is 0.323 e. The molecule has 2 aromatic rings. The summed E-state index contributed by atoms with van der Waals surface area (Å²) in [6, 6.07) is 13.5. The van der Waals surface area contributed by atoms with E-state index in [2.05, 4.69) is 4.90 Å². The van der Waals surface area contributed by atoms with Gasteiger partial charge in [0.05, 0.1) is 7.11 Å². The molecule has 0 amide bonds. The second kappa shape index (κ2) is 10.9. The maximum absolute atomic E-state index is 13.9. The monoisotopic (exact) mass is 453 g/mol. The zero-order valence-corrected chi connectivity index (χ0v) is 19.1. The van der Waals surface area contributed by atoms with E-state index < -0.39 is 0 Å². The lowest BCUT2D eigenvalue weighted by Crippen LogP contribution is -2.46. The molecule has 1 saturated heterocycles. The van der Waals surface area contributed by atoms with Crippen molar-refractivity contribution >= 4 is 12.3 Å². The van der Waals surface area contributed by atoms with Crippen LogP contribution in [0, 0.1) is 17.7 Å². The Kier molecular flexibility index (Phi) is 7.76. The van der Waals surface area contributed by atoms with Gasteiger partial charge in [0.25, 0.3) is 0 Å². The second-order valence-corrected chi connectivity index (χ2v) is 9.21. The number of hydrogen-bond acceptors (Lipinski definition) is 5. The van der Waals surface area contributed by atoms with Crippen molar-refractivity contribution in [2.24, 2.45) is 11.8 Å². The summed E-state index contributed by atoms with van der Waals surface area (Å²) in [4.78, 5) is 27.4. The van der Waals surface area contributed by atoms with Gasteiger partial charge in [0.1, 0.15) is 30.5 Å². The molecule has 5 nitrogen and oxygen atoms in total. The molecule has 0 radical (unpaired) electrons. The van der Waals surface area contributed by atoms with Gasteiger partial charge in [-0.3, -0.25) is 9.69 Å². The van der Waals surface area contributed by atoms with Gasteiger partial charge in [0, 0.05) is 24.9 Å². The summed E-state index contributed by atoms with van der Waals surface area (Å²) in [7, 11) is 1.61. The Morgan fingerprint density at radius 3 is 2.55 bits per heavy atom. The predicted octanol–water partition coefficient (Wildman–Crippen LogP) is 4.74. The summed E-state index contributed by atoms with van der Waals surface area (Å²) < 4.78 is 24.8. The predicted molar refractivity (Wildman–Crippen MR) is 123 cm³/mol. The summed E-state index contributed by atoms with van der Waals surface area (Å²) in [5.41, 5.74) is 1.71. The van der Waals surface area contributed by atoms with Crippen molar-refractivity contribution in [2.45, 2.75) is 50.7 Å². The van der Waals surface area contributed by atoms with Crippen molar-refractivity contribution in [3.05, 3.63) is 65.5 Å². The molecule has 176 valence electrons. The zero-order chi connectivity index (χ0) is 23.2. The van der Waals surface area contributed by atoms with Crippen LogP contribution in [0.2, 0.25) is 0 Å². The third kappa shape index (κ3) is 5.61. The van der Waals surface area contributed by atoms with E-state index in [1.807, 2.05) is 30.3 Å². The van der Waals surface area contributed by atoms with E-state index in [4.69, 9.17) is 9.47 Å². The number of methoxy groups -OCH3 is 1. The highest BCUT2D eigenvalue weighted by atomic mass is 19.1. The molecular weight excluding hydrogens is 421 g/mol. The topological polar surface area (TPSA) is 55.8 Å². The van der Waals surface area contributed by atoms with Crippen LogP contribution in [-0.2, 0) is 20.9 Å². The number of rotatable bonds is 8. The SMILES string of the molecule is COc1ccc(COC(=O)C(C2CCCCC2)N2CC(C=O)C(c3cccc(F)c3)C2)cc1. The molecule has 3 atom stereocenters. The van der Waals surface area contributed by atoms with Gasteiger partial charge in [-0.25, -0.2) is 4.39 Å². The normalized spacial score (nSPS) is 22.6. The summed E-state index contributed by atoms with van der Waals surface area (Å²) in [6.45, 7) is 1.24. The van der Waals surface area contributed by atoms with E-state index in [1.165, 1.54) is 18.6 Å². The van der Waals surface area contributed by atoms with Crippen LogP contribution in [0.4, 0.5) is 4.39 Å². The molecule has 33 heavy (non-hydrogen) atoms. The van der Waals surface area contributed by atoms with Crippen molar-refractivity contribution in [2.75, 3.05) is 20.2 Å². The summed E-state index contributed by atoms with van der Waals surface area (Å²) in [5.74, 6) is 0.0257. The van der Waals surface area contributed by atoms with Crippen molar-refractivity contribution < 1.29 is 23.5 Å². The molecule has 1 aliphatic carbocycles. The van der Waals surface area contributed by atoms with Crippen LogP contribution in [0.5, 0.6) is 5.75 Å². The maximum atomic E-state index is 13.9. The number of carbonyl (C=O) groups is 2. The van der Waals surface area contributed by atoms with Gasteiger partial charge in [-0.05, 0) is 54.2 Å². The van der Waals surface area contributed by atoms with Crippen LogP contribution >= 0.6 is 0 Å². The average Bonchev–Trinajstić information content (AvgIpc) is 3.28. The lowest BCUT2D eigenvalue weighted by Gasteiger charge is -2.35. The molecular formula is C27H32FNO4. The second-order valence-electron chi connectivity index (χ2n) is 9.21. The van der Waals surface area contributed by atoms with Crippen molar-refractivity contribution in [3.63, 3.8) is 0 Å². The number of nitrogens with zero attached hydrogens (tertiary/aromatic N) is 1. The molecule has 1 aliphatic heterocycles. The standard InChI is InChI=1S/C27H32FNO4/c1-32-24-12-10-19(11-13-24)18-33-27(31)26(20-6-3-2-4-7-20)29-15-22(17-30)25(16-29)21-8-5-9-23(28)14-21/h5,8-14,17,20,22,25-26H,2-4,6-7,15-16,18H2,1H3. The number of aldehydes is 1. The van der Waals surface area contributed by atoms with Gasteiger partial charge in [-0.2, -0.15) is 0 Å². The highest BCUT2D eigenvalue weighted by Gasteiger charge is 2.43. The third-order valence-corrected chi connectivity index (χ3v) is 7.12. The van der Waals surface area contributed by atoms with Crippen LogP contribution in [0.1, 0.15) is 49.1 Å².